The van der Waals surface area contributed by atoms with Gasteiger partial charge in [0.15, 0.2) is 0 Å². The molecule has 0 saturated carbocycles. The van der Waals surface area contributed by atoms with E-state index in [9.17, 15) is 9.50 Å². The van der Waals surface area contributed by atoms with E-state index >= 15 is 0 Å². The largest absolute Gasteiger partial charge is 0.394 e. The number of aliphatic hydroxyl groups excluding tert-OH is 1. The van der Waals surface area contributed by atoms with Crippen LogP contribution < -0.4 is 5.32 Å². The first-order valence-corrected chi connectivity index (χ1v) is 6.74. The lowest BCUT2D eigenvalue weighted by atomic mass is 9.92. The molecule has 0 fully saturated rings. The van der Waals surface area contributed by atoms with Crippen molar-refractivity contribution in [3.8, 4) is 0 Å². The van der Waals surface area contributed by atoms with Gasteiger partial charge in [0.2, 0.25) is 0 Å². The molecule has 0 amide bonds. The van der Waals surface area contributed by atoms with E-state index in [0.29, 0.717) is 10.6 Å². The van der Waals surface area contributed by atoms with Crippen molar-refractivity contribution in [2.45, 2.75) is 19.4 Å². The van der Waals surface area contributed by atoms with Crippen molar-refractivity contribution in [1.29, 1.82) is 0 Å². The van der Waals surface area contributed by atoms with E-state index < -0.39 is 11.4 Å². The van der Waals surface area contributed by atoms with E-state index in [2.05, 4.69) is 5.32 Å². The molecule has 0 aliphatic carbocycles. The third kappa shape index (κ3) is 3.11. The highest BCUT2D eigenvalue weighted by molar-refractivity contribution is 6.31. The number of benzene rings is 2. The normalized spacial score (nSPS) is 13.8. The Bertz CT molecular complexity index is 617. The van der Waals surface area contributed by atoms with Crippen LogP contribution in [0.2, 0.25) is 5.02 Å². The number of anilines is 1. The molecule has 2 aromatic carbocycles. The molecule has 2 nitrogen and oxygen atoms in total. The Balaban J connectivity index is 2.38. The molecule has 106 valence electrons. The summed E-state index contributed by atoms with van der Waals surface area (Å²) in [5.74, 6) is -0.394. The van der Waals surface area contributed by atoms with Crippen molar-refractivity contribution in [3.63, 3.8) is 0 Å². The Kier molecular flexibility index (Phi) is 4.31. The molecule has 1 atom stereocenters. The number of hydrogen-bond donors (Lipinski definition) is 2. The number of hydrogen-bond acceptors (Lipinski definition) is 2. The van der Waals surface area contributed by atoms with E-state index in [1.165, 1.54) is 12.1 Å². The minimum absolute atomic E-state index is 0.160. The highest BCUT2D eigenvalue weighted by Crippen LogP contribution is 2.31. The molecule has 1 unspecified atom stereocenters. The van der Waals surface area contributed by atoms with Gasteiger partial charge in [-0.3, -0.25) is 0 Å². The van der Waals surface area contributed by atoms with E-state index in [1.807, 2.05) is 38.1 Å². The molecule has 0 aliphatic heterocycles. The van der Waals surface area contributed by atoms with Crippen molar-refractivity contribution in [2.24, 2.45) is 0 Å². The third-order valence-electron chi connectivity index (χ3n) is 3.28. The molecule has 0 saturated heterocycles. The van der Waals surface area contributed by atoms with Crippen LogP contribution in [0.15, 0.2) is 42.5 Å². The summed E-state index contributed by atoms with van der Waals surface area (Å²) in [4.78, 5) is 0. The Morgan fingerprint density at radius 1 is 1.25 bits per heavy atom. The van der Waals surface area contributed by atoms with Crippen LogP contribution in [0, 0.1) is 12.7 Å². The van der Waals surface area contributed by atoms with Crippen LogP contribution in [0.3, 0.4) is 0 Å². The van der Waals surface area contributed by atoms with Crippen LogP contribution in [0.4, 0.5) is 10.1 Å². The van der Waals surface area contributed by atoms with Gasteiger partial charge >= 0.3 is 0 Å². The molecule has 0 bridgehead atoms. The second kappa shape index (κ2) is 5.81. The van der Waals surface area contributed by atoms with Crippen LogP contribution in [0.25, 0.3) is 0 Å². The standard InChI is InChI=1S/C16H17ClFNO/c1-11-4-3-5-13(8-11)19-16(2,10-20)14-7-6-12(18)9-15(14)17/h3-9,19-20H,10H2,1-2H3. The summed E-state index contributed by atoms with van der Waals surface area (Å²) >= 11 is 6.10. The average Bonchev–Trinajstić information content (AvgIpc) is 2.38. The number of nitrogens with one attached hydrogen (secondary N) is 1. The molecule has 0 aromatic heterocycles. The van der Waals surface area contributed by atoms with E-state index in [-0.39, 0.29) is 6.61 Å². The van der Waals surface area contributed by atoms with Crippen LogP contribution in [0.5, 0.6) is 0 Å². The summed E-state index contributed by atoms with van der Waals surface area (Å²) in [6, 6.07) is 12.0. The molecule has 0 spiro atoms. The van der Waals surface area contributed by atoms with Crippen molar-refractivity contribution in [3.05, 3.63) is 64.4 Å². The predicted octanol–water partition coefficient (Wildman–Crippen LogP) is 4.11. The Morgan fingerprint density at radius 3 is 2.60 bits per heavy atom. The highest BCUT2D eigenvalue weighted by Gasteiger charge is 2.28. The summed E-state index contributed by atoms with van der Waals surface area (Å²) < 4.78 is 13.2. The van der Waals surface area contributed by atoms with Crippen molar-refractivity contribution >= 4 is 17.3 Å². The number of aliphatic hydroxyl groups is 1. The highest BCUT2D eigenvalue weighted by atomic mass is 35.5. The third-order valence-corrected chi connectivity index (χ3v) is 3.59. The number of rotatable bonds is 4. The molecule has 20 heavy (non-hydrogen) atoms. The molecular formula is C16H17ClFNO. The van der Waals surface area contributed by atoms with Crippen molar-refractivity contribution in [2.75, 3.05) is 11.9 Å². The average molecular weight is 294 g/mol. The Labute approximate surface area is 123 Å². The first-order chi connectivity index (χ1) is 9.44. The lowest BCUT2D eigenvalue weighted by molar-refractivity contribution is 0.224. The van der Waals surface area contributed by atoms with Gasteiger partial charge in [0.25, 0.3) is 0 Å². The van der Waals surface area contributed by atoms with Gasteiger partial charge in [-0.25, -0.2) is 4.39 Å². The second-order valence-electron chi connectivity index (χ2n) is 5.11. The van der Waals surface area contributed by atoms with Gasteiger partial charge in [0.1, 0.15) is 5.82 Å². The lowest BCUT2D eigenvalue weighted by Crippen LogP contribution is -2.36. The van der Waals surface area contributed by atoms with Gasteiger partial charge in [-0.15, -0.1) is 0 Å². The SMILES string of the molecule is Cc1cccc(NC(C)(CO)c2ccc(F)cc2Cl)c1. The molecule has 4 heteroatoms. The first-order valence-electron chi connectivity index (χ1n) is 6.36. The van der Waals surface area contributed by atoms with Crippen LogP contribution in [-0.4, -0.2) is 11.7 Å². The van der Waals surface area contributed by atoms with Gasteiger partial charge in [-0.05, 0) is 49.2 Å². The molecular weight excluding hydrogens is 277 g/mol. The summed E-state index contributed by atoms with van der Waals surface area (Å²) in [7, 11) is 0. The first kappa shape index (κ1) is 14.8. The van der Waals surface area contributed by atoms with Gasteiger partial charge in [0.05, 0.1) is 12.1 Å². The van der Waals surface area contributed by atoms with E-state index in [4.69, 9.17) is 11.6 Å². The minimum Gasteiger partial charge on any atom is -0.394 e. The second-order valence-corrected chi connectivity index (χ2v) is 5.52. The zero-order valence-electron chi connectivity index (χ0n) is 11.5. The fraction of sp³-hybridized carbons (Fsp3) is 0.250. The number of halogens is 2. The summed E-state index contributed by atoms with van der Waals surface area (Å²) in [5, 5.41) is 13.3. The maximum Gasteiger partial charge on any atom is 0.124 e. The quantitative estimate of drug-likeness (QED) is 0.889. The molecule has 2 rings (SSSR count). The van der Waals surface area contributed by atoms with E-state index in [1.54, 1.807) is 6.07 Å². The van der Waals surface area contributed by atoms with Gasteiger partial charge in [0, 0.05) is 10.7 Å². The molecule has 0 radical (unpaired) electrons. The van der Waals surface area contributed by atoms with E-state index in [0.717, 1.165) is 11.3 Å². The molecule has 2 aromatic rings. The van der Waals surface area contributed by atoms with Crippen molar-refractivity contribution in [1.82, 2.24) is 0 Å². The van der Waals surface area contributed by atoms with Crippen LogP contribution in [0.1, 0.15) is 18.1 Å². The smallest absolute Gasteiger partial charge is 0.124 e. The maximum atomic E-state index is 13.2. The molecule has 2 N–H and O–H groups in total. The van der Waals surface area contributed by atoms with Crippen LogP contribution >= 0.6 is 11.6 Å². The zero-order valence-corrected chi connectivity index (χ0v) is 12.2. The zero-order chi connectivity index (χ0) is 14.8. The maximum absolute atomic E-state index is 13.2. The topological polar surface area (TPSA) is 32.3 Å². The van der Waals surface area contributed by atoms with Crippen LogP contribution in [-0.2, 0) is 5.54 Å². The molecule has 0 heterocycles. The Hall–Kier alpha value is -1.58. The Morgan fingerprint density at radius 2 is 2.00 bits per heavy atom. The van der Waals surface area contributed by atoms with Gasteiger partial charge in [-0.2, -0.15) is 0 Å². The summed E-state index contributed by atoms with van der Waals surface area (Å²) in [5.41, 5.74) is 1.87. The fourth-order valence-corrected chi connectivity index (χ4v) is 2.55. The summed E-state index contributed by atoms with van der Waals surface area (Å²) in [6.45, 7) is 3.66. The monoisotopic (exact) mass is 293 g/mol. The summed E-state index contributed by atoms with van der Waals surface area (Å²) in [6.07, 6.45) is 0. The van der Waals surface area contributed by atoms with Gasteiger partial charge in [-0.1, -0.05) is 29.8 Å². The number of aryl methyl sites for hydroxylation is 1. The lowest BCUT2D eigenvalue weighted by Gasteiger charge is -2.31. The predicted molar refractivity (Wildman–Crippen MR) is 80.6 cm³/mol. The van der Waals surface area contributed by atoms with Crippen molar-refractivity contribution < 1.29 is 9.50 Å². The fourth-order valence-electron chi connectivity index (χ4n) is 2.17. The molecule has 0 aliphatic rings. The van der Waals surface area contributed by atoms with Gasteiger partial charge < -0.3 is 10.4 Å². The minimum atomic E-state index is -0.779.